The summed E-state index contributed by atoms with van der Waals surface area (Å²) in [5, 5.41) is 3.19. The molecule has 1 fully saturated rings. The van der Waals surface area contributed by atoms with Crippen LogP contribution < -0.4 is 10.9 Å². The average molecular weight is 193 g/mol. The lowest BCUT2D eigenvalue weighted by atomic mass is 10.4. The first-order valence-corrected chi connectivity index (χ1v) is 5.12. The van der Waals surface area contributed by atoms with Gasteiger partial charge in [0.15, 0.2) is 0 Å². The Bertz CT molecular complexity index is 368. The van der Waals surface area contributed by atoms with Crippen molar-refractivity contribution in [1.82, 2.24) is 9.97 Å². The Morgan fingerprint density at radius 2 is 2.43 bits per heavy atom. The predicted molar refractivity (Wildman–Crippen MR) is 55.4 cm³/mol. The standard InChI is InChI=1S/C10H15N3O/c1-2-8-12-9(5-10(14)13-8)11-6-7-3-4-7/h5,7H,2-4,6H2,1H3,(H2,11,12,13,14). The van der Waals surface area contributed by atoms with Crippen LogP contribution in [0.1, 0.15) is 25.6 Å². The molecule has 2 N–H and O–H groups in total. The number of nitrogens with zero attached hydrogens (tertiary/aromatic N) is 1. The number of aryl methyl sites for hydroxylation is 1. The first-order valence-electron chi connectivity index (χ1n) is 5.12. The topological polar surface area (TPSA) is 57.8 Å². The van der Waals surface area contributed by atoms with Crippen LogP contribution in [0.4, 0.5) is 5.82 Å². The van der Waals surface area contributed by atoms with Gasteiger partial charge >= 0.3 is 0 Å². The minimum absolute atomic E-state index is 0.0739. The summed E-state index contributed by atoms with van der Waals surface area (Å²) in [5.41, 5.74) is -0.0739. The van der Waals surface area contributed by atoms with Crippen LogP contribution in [0.25, 0.3) is 0 Å². The second kappa shape index (κ2) is 3.82. The quantitative estimate of drug-likeness (QED) is 0.754. The number of hydrogen-bond acceptors (Lipinski definition) is 3. The number of rotatable bonds is 4. The molecule has 0 spiro atoms. The van der Waals surface area contributed by atoms with Gasteiger partial charge in [0.2, 0.25) is 0 Å². The third-order valence-corrected chi connectivity index (χ3v) is 2.39. The molecule has 1 aromatic rings. The van der Waals surface area contributed by atoms with E-state index in [9.17, 15) is 4.79 Å². The number of nitrogens with one attached hydrogen (secondary N) is 2. The molecule has 0 aliphatic heterocycles. The molecule has 0 aromatic carbocycles. The zero-order chi connectivity index (χ0) is 9.97. The number of H-pyrrole nitrogens is 1. The Morgan fingerprint density at radius 3 is 3.07 bits per heavy atom. The summed E-state index contributed by atoms with van der Waals surface area (Å²) in [7, 11) is 0. The molecule has 76 valence electrons. The number of aromatic nitrogens is 2. The minimum Gasteiger partial charge on any atom is -0.370 e. The maximum absolute atomic E-state index is 11.2. The molecule has 0 amide bonds. The number of anilines is 1. The first kappa shape index (κ1) is 9.24. The van der Waals surface area contributed by atoms with Crippen LogP contribution in [0.5, 0.6) is 0 Å². The second-order valence-corrected chi connectivity index (χ2v) is 3.76. The monoisotopic (exact) mass is 193 g/mol. The van der Waals surface area contributed by atoms with Gasteiger partial charge in [0.05, 0.1) is 0 Å². The Morgan fingerprint density at radius 1 is 1.64 bits per heavy atom. The maximum atomic E-state index is 11.2. The number of aromatic amines is 1. The smallest absolute Gasteiger partial charge is 0.252 e. The Kier molecular flexibility index (Phi) is 2.52. The van der Waals surface area contributed by atoms with Gasteiger partial charge in [-0.25, -0.2) is 4.98 Å². The van der Waals surface area contributed by atoms with Gasteiger partial charge in [-0.05, 0) is 18.8 Å². The Balaban J connectivity index is 2.06. The van der Waals surface area contributed by atoms with Gasteiger partial charge in [-0.3, -0.25) is 4.79 Å². The lowest BCUT2D eigenvalue weighted by Gasteiger charge is -2.04. The van der Waals surface area contributed by atoms with Crippen LogP contribution in [0.15, 0.2) is 10.9 Å². The fourth-order valence-corrected chi connectivity index (χ4v) is 1.34. The molecule has 0 radical (unpaired) electrons. The van der Waals surface area contributed by atoms with Crippen LogP contribution in [0, 0.1) is 5.92 Å². The van der Waals surface area contributed by atoms with E-state index >= 15 is 0 Å². The van der Waals surface area contributed by atoms with Crippen molar-refractivity contribution in [1.29, 1.82) is 0 Å². The summed E-state index contributed by atoms with van der Waals surface area (Å²) in [6, 6.07) is 1.52. The lowest BCUT2D eigenvalue weighted by molar-refractivity contribution is 0.864. The van der Waals surface area contributed by atoms with Crippen LogP contribution in [0.3, 0.4) is 0 Å². The summed E-state index contributed by atoms with van der Waals surface area (Å²) < 4.78 is 0. The summed E-state index contributed by atoms with van der Waals surface area (Å²) in [5.74, 6) is 2.24. The fourth-order valence-electron chi connectivity index (χ4n) is 1.34. The van der Waals surface area contributed by atoms with Crippen molar-refractivity contribution in [3.63, 3.8) is 0 Å². The van der Waals surface area contributed by atoms with E-state index in [0.29, 0.717) is 5.82 Å². The van der Waals surface area contributed by atoms with Gasteiger partial charge in [-0.15, -0.1) is 0 Å². The van der Waals surface area contributed by atoms with Crippen molar-refractivity contribution in [3.8, 4) is 0 Å². The molecule has 2 rings (SSSR count). The maximum Gasteiger partial charge on any atom is 0.252 e. The molecular weight excluding hydrogens is 178 g/mol. The van der Waals surface area contributed by atoms with Crippen molar-refractivity contribution >= 4 is 5.82 Å². The van der Waals surface area contributed by atoms with Crippen molar-refractivity contribution in [2.75, 3.05) is 11.9 Å². The van der Waals surface area contributed by atoms with E-state index in [1.807, 2.05) is 6.92 Å². The molecule has 0 bridgehead atoms. The number of hydrogen-bond donors (Lipinski definition) is 2. The highest BCUT2D eigenvalue weighted by Crippen LogP contribution is 2.28. The van der Waals surface area contributed by atoms with E-state index in [4.69, 9.17) is 0 Å². The largest absolute Gasteiger partial charge is 0.370 e. The van der Waals surface area contributed by atoms with E-state index in [1.54, 1.807) is 0 Å². The van der Waals surface area contributed by atoms with Crippen molar-refractivity contribution in [2.24, 2.45) is 5.92 Å². The van der Waals surface area contributed by atoms with Crippen LogP contribution in [-0.4, -0.2) is 16.5 Å². The third kappa shape index (κ3) is 2.34. The predicted octanol–water partition coefficient (Wildman–Crippen LogP) is 1.15. The molecule has 0 unspecified atom stereocenters. The van der Waals surface area contributed by atoms with E-state index in [1.165, 1.54) is 18.9 Å². The van der Waals surface area contributed by atoms with Crippen LogP contribution in [0.2, 0.25) is 0 Å². The Labute approximate surface area is 82.8 Å². The zero-order valence-electron chi connectivity index (χ0n) is 8.34. The van der Waals surface area contributed by atoms with Crippen LogP contribution >= 0.6 is 0 Å². The highest BCUT2D eigenvalue weighted by atomic mass is 16.1. The Hall–Kier alpha value is -1.32. The minimum atomic E-state index is -0.0739. The van der Waals surface area contributed by atoms with Gasteiger partial charge < -0.3 is 10.3 Å². The summed E-state index contributed by atoms with van der Waals surface area (Å²) in [6.07, 6.45) is 3.36. The van der Waals surface area contributed by atoms with E-state index in [-0.39, 0.29) is 5.56 Å². The van der Waals surface area contributed by atoms with E-state index in [2.05, 4.69) is 15.3 Å². The molecular formula is C10H15N3O. The summed E-state index contributed by atoms with van der Waals surface area (Å²) in [6.45, 7) is 2.92. The molecule has 1 aliphatic carbocycles. The highest BCUT2D eigenvalue weighted by molar-refractivity contribution is 5.33. The molecule has 1 aliphatic rings. The van der Waals surface area contributed by atoms with Crippen LogP contribution in [-0.2, 0) is 6.42 Å². The molecule has 0 saturated heterocycles. The first-order chi connectivity index (χ1) is 6.78. The molecule has 1 aromatic heterocycles. The lowest BCUT2D eigenvalue weighted by Crippen LogP contribution is -2.14. The third-order valence-electron chi connectivity index (χ3n) is 2.39. The highest BCUT2D eigenvalue weighted by Gasteiger charge is 2.20. The average Bonchev–Trinajstić information content (AvgIpc) is 2.97. The van der Waals surface area contributed by atoms with Gasteiger partial charge in [0.25, 0.3) is 5.56 Å². The molecule has 0 atom stereocenters. The van der Waals surface area contributed by atoms with Gasteiger partial charge in [0.1, 0.15) is 11.6 Å². The summed E-state index contributed by atoms with van der Waals surface area (Å²) >= 11 is 0. The van der Waals surface area contributed by atoms with Gasteiger partial charge in [-0.2, -0.15) is 0 Å². The molecule has 4 nitrogen and oxygen atoms in total. The van der Waals surface area contributed by atoms with E-state index < -0.39 is 0 Å². The van der Waals surface area contributed by atoms with E-state index in [0.717, 1.165) is 24.7 Å². The van der Waals surface area contributed by atoms with Crippen molar-refractivity contribution in [2.45, 2.75) is 26.2 Å². The molecule has 1 saturated carbocycles. The zero-order valence-corrected chi connectivity index (χ0v) is 8.34. The SMILES string of the molecule is CCc1nc(NCC2CC2)cc(=O)[nH]1. The van der Waals surface area contributed by atoms with Crippen molar-refractivity contribution < 1.29 is 0 Å². The second-order valence-electron chi connectivity index (χ2n) is 3.76. The van der Waals surface area contributed by atoms with Crippen molar-refractivity contribution in [3.05, 3.63) is 22.2 Å². The molecule has 14 heavy (non-hydrogen) atoms. The fraction of sp³-hybridized carbons (Fsp3) is 0.600. The van der Waals surface area contributed by atoms with Gasteiger partial charge in [0, 0.05) is 19.0 Å². The normalized spacial score (nSPS) is 15.5. The molecule has 1 heterocycles. The van der Waals surface area contributed by atoms with Gasteiger partial charge in [-0.1, -0.05) is 6.92 Å². The summed E-state index contributed by atoms with van der Waals surface area (Å²) in [4.78, 5) is 18.2. The molecule has 4 heteroatoms.